The Morgan fingerprint density at radius 2 is 1.83 bits per heavy atom. The van der Waals surface area contributed by atoms with Crippen molar-refractivity contribution in [1.82, 2.24) is 5.43 Å². The van der Waals surface area contributed by atoms with E-state index in [0.29, 0.717) is 4.90 Å². The zero-order valence-corrected chi connectivity index (χ0v) is 13.8. The normalized spacial score (nSPS) is 11.3. The molecule has 0 saturated carbocycles. The molecule has 0 aliphatic heterocycles. The van der Waals surface area contributed by atoms with Crippen molar-refractivity contribution in [2.75, 3.05) is 5.75 Å². The highest BCUT2D eigenvalue weighted by molar-refractivity contribution is 8.00. The monoisotopic (exact) mass is 330 g/mol. The average molecular weight is 330 g/mol. The number of halogens is 1. The predicted octanol–water partition coefficient (Wildman–Crippen LogP) is 4.24. The molecular weight excluding hydrogens is 311 g/mol. The van der Waals surface area contributed by atoms with Crippen LogP contribution in [0.1, 0.15) is 25.3 Å². The van der Waals surface area contributed by atoms with E-state index in [1.54, 1.807) is 18.2 Å². The molecule has 0 unspecified atom stereocenters. The number of rotatable bonds is 7. The largest absolute Gasteiger partial charge is 0.272 e. The molecule has 0 bridgehead atoms. The van der Waals surface area contributed by atoms with E-state index < -0.39 is 0 Å². The lowest BCUT2D eigenvalue weighted by Crippen LogP contribution is -2.22. The summed E-state index contributed by atoms with van der Waals surface area (Å²) in [6.07, 6.45) is 1.72. The van der Waals surface area contributed by atoms with Gasteiger partial charge in [0.15, 0.2) is 0 Å². The molecule has 2 aromatic carbocycles. The first kappa shape index (κ1) is 17.2. The minimum atomic E-state index is -0.315. The van der Waals surface area contributed by atoms with E-state index in [-0.39, 0.29) is 17.5 Å². The summed E-state index contributed by atoms with van der Waals surface area (Å²) in [6, 6.07) is 16.2. The minimum Gasteiger partial charge on any atom is -0.272 e. The first-order valence-corrected chi connectivity index (χ1v) is 8.47. The van der Waals surface area contributed by atoms with Crippen LogP contribution in [0.4, 0.5) is 4.39 Å². The number of hydrazone groups is 1. The van der Waals surface area contributed by atoms with Crippen molar-refractivity contribution in [1.29, 1.82) is 0 Å². The topological polar surface area (TPSA) is 41.5 Å². The van der Waals surface area contributed by atoms with Gasteiger partial charge in [-0.05, 0) is 24.1 Å². The molecule has 1 N–H and O–H groups in total. The molecule has 2 aromatic rings. The molecule has 0 atom stereocenters. The first-order chi connectivity index (χ1) is 11.2. The standard InChI is InChI=1S/C18H19FN2OS/c1-2-8-16(14-9-4-3-5-10-14)20-21-18(22)13-23-17-12-7-6-11-15(17)19/h3-7,9-12H,2,8,13H2,1H3,(H,21,22)/b20-16-. The van der Waals surface area contributed by atoms with Gasteiger partial charge in [0, 0.05) is 4.90 Å². The van der Waals surface area contributed by atoms with Crippen molar-refractivity contribution in [3.05, 3.63) is 66.0 Å². The Hall–Kier alpha value is -2.14. The summed E-state index contributed by atoms with van der Waals surface area (Å²) in [7, 11) is 0. The number of nitrogens with one attached hydrogen (secondary N) is 1. The second-order valence-corrected chi connectivity index (χ2v) is 5.95. The maximum absolute atomic E-state index is 13.5. The van der Waals surface area contributed by atoms with Crippen LogP contribution in [-0.2, 0) is 4.79 Å². The van der Waals surface area contributed by atoms with E-state index in [2.05, 4.69) is 17.5 Å². The molecule has 5 heteroatoms. The Morgan fingerprint density at radius 3 is 2.52 bits per heavy atom. The van der Waals surface area contributed by atoms with E-state index in [1.165, 1.54) is 6.07 Å². The second-order valence-electron chi connectivity index (χ2n) is 4.93. The minimum absolute atomic E-state index is 0.124. The van der Waals surface area contributed by atoms with Crippen LogP contribution in [0.2, 0.25) is 0 Å². The number of hydrogen-bond acceptors (Lipinski definition) is 3. The van der Waals surface area contributed by atoms with Crippen LogP contribution in [0.25, 0.3) is 0 Å². The van der Waals surface area contributed by atoms with E-state index in [9.17, 15) is 9.18 Å². The molecule has 0 spiro atoms. The van der Waals surface area contributed by atoms with Crippen molar-refractivity contribution in [3.63, 3.8) is 0 Å². The fourth-order valence-corrected chi connectivity index (χ4v) is 2.73. The summed E-state index contributed by atoms with van der Waals surface area (Å²) in [5, 5.41) is 4.23. The van der Waals surface area contributed by atoms with Crippen LogP contribution in [0.3, 0.4) is 0 Å². The molecular formula is C18H19FN2OS. The van der Waals surface area contributed by atoms with Gasteiger partial charge < -0.3 is 0 Å². The molecule has 0 fully saturated rings. The lowest BCUT2D eigenvalue weighted by atomic mass is 10.1. The van der Waals surface area contributed by atoms with Gasteiger partial charge in [-0.3, -0.25) is 4.79 Å². The lowest BCUT2D eigenvalue weighted by molar-refractivity contribution is -0.118. The Labute approximate surface area is 140 Å². The van der Waals surface area contributed by atoms with Gasteiger partial charge in [-0.2, -0.15) is 5.10 Å². The smallest absolute Gasteiger partial charge is 0.250 e. The molecule has 0 aliphatic rings. The van der Waals surface area contributed by atoms with Gasteiger partial charge >= 0.3 is 0 Å². The third-order valence-electron chi connectivity index (χ3n) is 3.10. The van der Waals surface area contributed by atoms with Crippen molar-refractivity contribution < 1.29 is 9.18 Å². The van der Waals surface area contributed by atoms with Gasteiger partial charge in [-0.25, -0.2) is 9.82 Å². The number of benzene rings is 2. The highest BCUT2D eigenvalue weighted by Gasteiger charge is 2.07. The van der Waals surface area contributed by atoms with E-state index in [1.807, 2.05) is 30.3 Å². The summed E-state index contributed by atoms with van der Waals surface area (Å²) in [4.78, 5) is 12.4. The fourth-order valence-electron chi connectivity index (χ4n) is 2.00. The Morgan fingerprint density at radius 1 is 1.13 bits per heavy atom. The fraction of sp³-hybridized carbons (Fsp3) is 0.222. The first-order valence-electron chi connectivity index (χ1n) is 7.49. The molecule has 0 radical (unpaired) electrons. The number of carbonyl (C=O) groups is 1. The molecule has 1 amide bonds. The molecule has 2 rings (SSSR count). The Bertz CT molecular complexity index is 674. The highest BCUT2D eigenvalue weighted by atomic mass is 32.2. The average Bonchev–Trinajstić information content (AvgIpc) is 2.58. The molecule has 0 saturated heterocycles. The van der Waals surface area contributed by atoms with Crippen molar-refractivity contribution in [2.24, 2.45) is 5.10 Å². The van der Waals surface area contributed by atoms with E-state index in [4.69, 9.17) is 0 Å². The van der Waals surface area contributed by atoms with Crippen LogP contribution in [0.15, 0.2) is 64.6 Å². The Kier molecular flexibility index (Phi) is 6.81. The van der Waals surface area contributed by atoms with E-state index in [0.717, 1.165) is 35.9 Å². The van der Waals surface area contributed by atoms with Crippen LogP contribution < -0.4 is 5.43 Å². The van der Waals surface area contributed by atoms with Crippen LogP contribution in [0.5, 0.6) is 0 Å². The maximum Gasteiger partial charge on any atom is 0.250 e. The zero-order chi connectivity index (χ0) is 16.5. The maximum atomic E-state index is 13.5. The molecule has 0 aliphatic carbocycles. The van der Waals surface area contributed by atoms with Crippen molar-refractivity contribution >= 4 is 23.4 Å². The predicted molar refractivity (Wildman–Crippen MR) is 93.2 cm³/mol. The summed E-state index contributed by atoms with van der Waals surface area (Å²) in [5.74, 6) is -0.439. The van der Waals surface area contributed by atoms with Gasteiger partial charge in [0.05, 0.1) is 11.5 Å². The number of hydrogen-bond donors (Lipinski definition) is 1. The summed E-state index contributed by atoms with van der Waals surface area (Å²) >= 11 is 1.16. The number of nitrogens with zero attached hydrogens (tertiary/aromatic N) is 1. The van der Waals surface area contributed by atoms with Crippen LogP contribution in [0, 0.1) is 5.82 Å². The lowest BCUT2D eigenvalue weighted by Gasteiger charge is -2.06. The van der Waals surface area contributed by atoms with Gasteiger partial charge in [0.2, 0.25) is 5.91 Å². The summed E-state index contributed by atoms with van der Waals surface area (Å²) in [6.45, 7) is 2.06. The van der Waals surface area contributed by atoms with Gasteiger partial charge in [-0.1, -0.05) is 55.8 Å². The van der Waals surface area contributed by atoms with Crippen molar-refractivity contribution in [3.8, 4) is 0 Å². The van der Waals surface area contributed by atoms with Crippen molar-refractivity contribution in [2.45, 2.75) is 24.7 Å². The number of carbonyl (C=O) groups excluding carboxylic acids is 1. The van der Waals surface area contributed by atoms with Gasteiger partial charge in [-0.15, -0.1) is 11.8 Å². The quantitative estimate of drug-likeness (QED) is 0.469. The zero-order valence-electron chi connectivity index (χ0n) is 13.0. The van der Waals surface area contributed by atoms with Crippen LogP contribution >= 0.6 is 11.8 Å². The molecule has 120 valence electrons. The summed E-state index contributed by atoms with van der Waals surface area (Å²) < 4.78 is 13.5. The Balaban J connectivity index is 1.94. The third-order valence-corrected chi connectivity index (χ3v) is 4.15. The molecule has 0 aromatic heterocycles. The summed E-state index contributed by atoms with van der Waals surface area (Å²) in [5.41, 5.74) is 4.40. The number of amides is 1. The SMILES string of the molecule is CCC/C(=N/NC(=O)CSc1ccccc1F)c1ccccc1. The van der Waals surface area contributed by atoms with Gasteiger partial charge in [0.25, 0.3) is 0 Å². The van der Waals surface area contributed by atoms with Gasteiger partial charge in [0.1, 0.15) is 5.82 Å². The molecule has 23 heavy (non-hydrogen) atoms. The van der Waals surface area contributed by atoms with E-state index >= 15 is 0 Å². The number of thioether (sulfide) groups is 1. The second kappa shape index (κ2) is 9.10. The molecule has 0 heterocycles. The highest BCUT2D eigenvalue weighted by Crippen LogP contribution is 2.20. The third kappa shape index (κ3) is 5.53. The van der Waals surface area contributed by atoms with Crippen LogP contribution in [-0.4, -0.2) is 17.4 Å². The molecule has 3 nitrogen and oxygen atoms in total.